The largest absolute Gasteiger partial charge is 0.354 e. The molecule has 134 valence electrons. The van der Waals surface area contributed by atoms with E-state index in [9.17, 15) is 9.59 Å². The number of amides is 2. The second kappa shape index (κ2) is 7.21. The van der Waals surface area contributed by atoms with Crippen LogP contribution in [0, 0.1) is 0 Å². The van der Waals surface area contributed by atoms with Crippen LogP contribution in [0.25, 0.3) is 11.1 Å². The number of nitrogens with one attached hydrogen (secondary N) is 1. The molecule has 2 aromatic heterocycles. The summed E-state index contributed by atoms with van der Waals surface area (Å²) in [6.07, 6.45) is 8.20. The van der Waals surface area contributed by atoms with Gasteiger partial charge in [-0.15, -0.1) is 0 Å². The Kier molecular flexibility index (Phi) is 4.62. The second-order valence-electron chi connectivity index (χ2n) is 6.75. The molecule has 0 unspecified atom stereocenters. The predicted octanol–water partition coefficient (Wildman–Crippen LogP) is 0.984. The molecule has 0 spiro atoms. The summed E-state index contributed by atoms with van der Waals surface area (Å²) in [5.41, 5.74) is 4.17. The van der Waals surface area contributed by atoms with Crippen molar-refractivity contribution in [2.75, 3.05) is 31.1 Å². The third-order valence-electron chi connectivity index (χ3n) is 4.84. The number of rotatable bonds is 4. The third-order valence-corrected chi connectivity index (χ3v) is 4.84. The highest BCUT2D eigenvalue weighted by atomic mass is 16.2. The van der Waals surface area contributed by atoms with Crippen molar-refractivity contribution in [1.29, 1.82) is 0 Å². The van der Waals surface area contributed by atoms with E-state index in [4.69, 9.17) is 0 Å². The number of hydrogen-bond donors (Lipinski definition) is 1. The first kappa shape index (κ1) is 16.7. The van der Waals surface area contributed by atoms with Crippen molar-refractivity contribution in [2.24, 2.45) is 0 Å². The first-order valence-corrected chi connectivity index (χ1v) is 8.87. The number of aromatic nitrogens is 2. The van der Waals surface area contributed by atoms with Crippen LogP contribution in [-0.2, 0) is 22.6 Å². The van der Waals surface area contributed by atoms with E-state index in [-0.39, 0.29) is 5.91 Å². The Morgan fingerprint density at radius 2 is 2.04 bits per heavy atom. The Morgan fingerprint density at radius 1 is 1.15 bits per heavy atom. The maximum Gasteiger partial charge on any atom is 0.234 e. The van der Waals surface area contributed by atoms with Gasteiger partial charge in [-0.2, -0.15) is 0 Å². The normalized spacial score (nSPS) is 17.5. The number of aryl methyl sites for hydroxylation is 1. The van der Waals surface area contributed by atoms with Crippen LogP contribution in [0.4, 0.5) is 5.82 Å². The van der Waals surface area contributed by atoms with Crippen molar-refractivity contribution in [3.63, 3.8) is 0 Å². The average molecular weight is 351 g/mol. The van der Waals surface area contributed by atoms with E-state index in [2.05, 4.69) is 32.3 Å². The van der Waals surface area contributed by atoms with Crippen molar-refractivity contribution in [2.45, 2.75) is 19.4 Å². The lowest BCUT2D eigenvalue weighted by molar-refractivity contribution is -0.124. The van der Waals surface area contributed by atoms with Crippen LogP contribution in [0.1, 0.15) is 17.5 Å². The molecule has 2 aliphatic rings. The zero-order valence-corrected chi connectivity index (χ0v) is 14.5. The van der Waals surface area contributed by atoms with Crippen molar-refractivity contribution in [1.82, 2.24) is 20.2 Å². The van der Waals surface area contributed by atoms with Gasteiger partial charge >= 0.3 is 0 Å². The average Bonchev–Trinajstić information content (AvgIpc) is 2.67. The van der Waals surface area contributed by atoms with Crippen LogP contribution in [-0.4, -0.2) is 53.4 Å². The van der Waals surface area contributed by atoms with Crippen molar-refractivity contribution < 1.29 is 9.59 Å². The number of anilines is 1. The Hall–Kier alpha value is -2.80. The van der Waals surface area contributed by atoms with Crippen LogP contribution >= 0.6 is 0 Å². The SMILES string of the molecule is O=CN1CCCc2cc(-c3cncc(CN4CCNC(=O)C4)c3)cnc21. The van der Waals surface area contributed by atoms with Crippen LogP contribution in [0.3, 0.4) is 0 Å². The third kappa shape index (κ3) is 3.43. The lowest BCUT2D eigenvalue weighted by atomic mass is 10.0. The van der Waals surface area contributed by atoms with Crippen molar-refractivity contribution in [3.8, 4) is 11.1 Å². The molecule has 0 radical (unpaired) electrons. The van der Waals surface area contributed by atoms with Crippen molar-refractivity contribution in [3.05, 3.63) is 41.9 Å². The Balaban J connectivity index is 1.56. The summed E-state index contributed by atoms with van der Waals surface area (Å²) in [7, 11) is 0. The summed E-state index contributed by atoms with van der Waals surface area (Å²) in [6, 6.07) is 4.20. The van der Waals surface area contributed by atoms with E-state index >= 15 is 0 Å². The number of hydrogen-bond acceptors (Lipinski definition) is 5. The van der Waals surface area contributed by atoms with Gasteiger partial charge in [0.15, 0.2) is 0 Å². The molecule has 0 bridgehead atoms. The Morgan fingerprint density at radius 3 is 2.88 bits per heavy atom. The lowest BCUT2D eigenvalue weighted by Crippen LogP contribution is -2.47. The molecule has 1 fully saturated rings. The zero-order valence-electron chi connectivity index (χ0n) is 14.5. The van der Waals surface area contributed by atoms with Gasteiger partial charge in [-0.25, -0.2) is 4.98 Å². The minimum absolute atomic E-state index is 0.0685. The number of piperazine rings is 1. The van der Waals surface area contributed by atoms with Gasteiger partial charge in [-0.05, 0) is 36.1 Å². The number of carbonyl (C=O) groups is 2. The molecule has 0 saturated carbocycles. The molecule has 1 saturated heterocycles. The highest BCUT2D eigenvalue weighted by Gasteiger charge is 2.19. The van der Waals surface area contributed by atoms with Crippen LogP contribution in [0.5, 0.6) is 0 Å². The molecule has 4 heterocycles. The minimum Gasteiger partial charge on any atom is -0.354 e. The number of fused-ring (bicyclic) bond motifs is 1. The summed E-state index contributed by atoms with van der Waals surface area (Å²) in [6.45, 7) is 3.38. The smallest absolute Gasteiger partial charge is 0.234 e. The summed E-state index contributed by atoms with van der Waals surface area (Å²) in [5, 5.41) is 2.84. The standard InChI is InChI=1S/C19H21N5O2/c25-13-24-4-1-2-15-7-17(10-22-19(15)24)16-6-14(8-20-9-16)11-23-5-3-21-18(26)12-23/h6-10,13H,1-5,11-12H2,(H,21,26). The quantitative estimate of drug-likeness (QED) is 0.831. The van der Waals surface area contributed by atoms with Gasteiger partial charge in [0.25, 0.3) is 0 Å². The van der Waals surface area contributed by atoms with E-state index in [1.54, 1.807) is 11.1 Å². The molecule has 2 aromatic rings. The van der Waals surface area contributed by atoms with E-state index in [1.165, 1.54) is 0 Å². The van der Waals surface area contributed by atoms with Gasteiger partial charge < -0.3 is 5.32 Å². The molecule has 7 nitrogen and oxygen atoms in total. The first-order chi connectivity index (χ1) is 12.7. The molecule has 1 N–H and O–H groups in total. The highest BCUT2D eigenvalue weighted by Crippen LogP contribution is 2.28. The van der Waals surface area contributed by atoms with Gasteiger partial charge in [0.1, 0.15) is 5.82 Å². The fraction of sp³-hybridized carbons (Fsp3) is 0.368. The predicted molar refractivity (Wildman–Crippen MR) is 97.5 cm³/mol. The van der Waals surface area contributed by atoms with Gasteiger partial charge in [-0.1, -0.05) is 0 Å². The van der Waals surface area contributed by atoms with E-state index in [0.29, 0.717) is 19.6 Å². The number of pyridine rings is 2. The molecule has 0 aliphatic carbocycles. The fourth-order valence-electron chi connectivity index (χ4n) is 3.57. The molecule has 26 heavy (non-hydrogen) atoms. The monoisotopic (exact) mass is 351 g/mol. The summed E-state index contributed by atoms with van der Waals surface area (Å²) in [5.74, 6) is 0.831. The van der Waals surface area contributed by atoms with E-state index < -0.39 is 0 Å². The maximum absolute atomic E-state index is 11.5. The summed E-state index contributed by atoms with van der Waals surface area (Å²) in [4.78, 5) is 35.4. The van der Waals surface area contributed by atoms with Crippen LogP contribution in [0.15, 0.2) is 30.7 Å². The molecular formula is C19H21N5O2. The summed E-state index contributed by atoms with van der Waals surface area (Å²) >= 11 is 0. The second-order valence-corrected chi connectivity index (χ2v) is 6.75. The van der Waals surface area contributed by atoms with Crippen LogP contribution < -0.4 is 10.2 Å². The topological polar surface area (TPSA) is 78.4 Å². The van der Waals surface area contributed by atoms with E-state index in [1.807, 2.05) is 12.4 Å². The molecule has 2 amide bonds. The first-order valence-electron chi connectivity index (χ1n) is 8.87. The fourth-order valence-corrected chi connectivity index (χ4v) is 3.57. The molecule has 7 heteroatoms. The van der Waals surface area contributed by atoms with Crippen LogP contribution in [0.2, 0.25) is 0 Å². The molecule has 2 aliphatic heterocycles. The Labute approximate surface area is 152 Å². The van der Waals surface area contributed by atoms with E-state index in [0.717, 1.165) is 60.4 Å². The number of carbonyl (C=O) groups excluding carboxylic acids is 2. The lowest BCUT2D eigenvalue weighted by Gasteiger charge is -2.26. The van der Waals surface area contributed by atoms with Crippen molar-refractivity contribution >= 4 is 18.1 Å². The molecular weight excluding hydrogens is 330 g/mol. The maximum atomic E-state index is 11.5. The highest BCUT2D eigenvalue weighted by molar-refractivity contribution is 5.79. The molecule has 0 atom stereocenters. The van der Waals surface area contributed by atoms with Gasteiger partial charge in [0, 0.05) is 55.9 Å². The minimum atomic E-state index is 0.0685. The van der Waals surface area contributed by atoms with Gasteiger partial charge in [-0.3, -0.25) is 24.4 Å². The molecule has 4 rings (SSSR count). The zero-order chi connectivity index (χ0) is 17.9. The number of nitrogens with zero attached hydrogens (tertiary/aromatic N) is 4. The summed E-state index contributed by atoms with van der Waals surface area (Å²) < 4.78 is 0. The van der Waals surface area contributed by atoms with Gasteiger partial charge in [0.05, 0.1) is 6.54 Å². The van der Waals surface area contributed by atoms with Gasteiger partial charge in [0.2, 0.25) is 12.3 Å². The Bertz CT molecular complexity index is 838. The molecule has 0 aromatic carbocycles.